The molecule has 0 radical (unpaired) electrons. The molecule has 0 bridgehead atoms. The zero-order valence-electron chi connectivity index (χ0n) is 18.4. The average Bonchev–Trinajstić information content (AvgIpc) is 2.70. The largest absolute Gasteiger partial charge is 0.378 e. The molecule has 0 aromatic heterocycles. The van der Waals surface area contributed by atoms with Crippen molar-refractivity contribution in [2.24, 2.45) is 5.92 Å². The van der Waals surface area contributed by atoms with Crippen LogP contribution in [-0.2, 0) is 14.3 Å². The molecular weight excluding hydrogens is 394 g/mol. The molecule has 2 saturated heterocycles. The topological polar surface area (TPSA) is 70.2 Å². The number of amides is 3. The van der Waals surface area contributed by atoms with Crippen LogP contribution in [0, 0.1) is 5.92 Å². The van der Waals surface area contributed by atoms with Crippen molar-refractivity contribution in [3.05, 3.63) is 35.4 Å². The number of ether oxygens (including phenoxy) is 1. The molecule has 0 N–H and O–H groups in total. The molecule has 3 amide bonds. The fourth-order valence-electron chi connectivity index (χ4n) is 5.80. The molecule has 1 spiro atoms. The molecule has 1 atom stereocenters. The van der Waals surface area contributed by atoms with E-state index in [1.807, 2.05) is 52.8 Å². The van der Waals surface area contributed by atoms with Gasteiger partial charge in [-0.3, -0.25) is 14.4 Å². The van der Waals surface area contributed by atoms with Gasteiger partial charge in [-0.05, 0) is 38.3 Å². The van der Waals surface area contributed by atoms with Gasteiger partial charge in [0.15, 0.2) is 0 Å². The predicted octanol–water partition coefficient (Wildman–Crippen LogP) is 1.87. The van der Waals surface area contributed by atoms with Crippen molar-refractivity contribution in [2.75, 3.05) is 39.4 Å². The van der Waals surface area contributed by atoms with Crippen LogP contribution in [0.2, 0.25) is 0 Å². The van der Waals surface area contributed by atoms with Gasteiger partial charge in [-0.2, -0.15) is 0 Å². The number of fused-ring (bicyclic) bond motifs is 1. The molecule has 166 valence electrons. The Balaban J connectivity index is 1.55. The summed E-state index contributed by atoms with van der Waals surface area (Å²) < 4.78 is 5.46. The summed E-state index contributed by atoms with van der Waals surface area (Å²) in [6, 6.07) is 7.44. The smallest absolute Gasteiger partial charge is 0.255 e. The van der Waals surface area contributed by atoms with Gasteiger partial charge in [0, 0.05) is 43.7 Å². The normalized spacial score (nSPS) is 25.3. The lowest BCUT2D eigenvalue weighted by Gasteiger charge is -2.62. The highest BCUT2D eigenvalue weighted by Crippen LogP contribution is 2.49. The van der Waals surface area contributed by atoms with E-state index in [-0.39, 0.29) is 29.7 Å². The lowest BCUT2D eigenvalue weighted by molar-refractivity contribution is -0.162. The number of likely N-dealkylation sites (tertiary alicyclic amines) is 1. The molecular formula is C24H31N3O4. The zero-order valence-corrected chi connectivity index (χ0v) is 18.4. The number of morpholine rings is 1. The molecule has 1 aliphatic carbocycles. The molecule has 7 heteroatoms. The number of carbonyl (C=O) groups is 3. The van der Waals surface area contributed by atoms with Crippen LogP contribution in [0.25, 0.3) is 0 Å². The zero-order chi connectivity index (χ0) is 21.8. The Labute approximate surface area is 183 Å². The van der Waals surface area contributed by atoms with Crippen LogP contribution in [-0.4, -0.2) is 83.4 Å². The van der Waals surface area contributed by atoms with Gasteiger partial charge in [0.05, 0.1) is 24.7 Å². The van der Waals surface area contributed by atoms with Crippen LogP contribution >= 0.6 is 0 Å². The van der Waals surface area contributed by atoms with Crippen LogP contribution in [0.5, 0.6) is 0 Å². The monoisotopic (exact) mass is 425 g/mol. The van der Waals surface area contributed by atoms with Gasteiger partial charge in [-0.1, -0.05) is 24.6 Å². The van der Waals surface area contributed by atoms with E-state index in [1.165, 1.54) is 0 Å². The summed E-state index contributed by atoms with van der Waals surface area (Å²) in [6.07, 6.45) is 3.01. The average molecular weight is 426 g/mol. The Morgan fingerprint density at radius 1 is 1.03 bits per heavy atom. The highest BCUT2D eigenvalue weighted by molar-refractivity contribution is 6.03. The molecule has 1 aromatic rings. The molecule has 3 aliphatic heterocycles. The molecule has 7 nitrogen and oxygen atoms in total. The third-order valence-electron chi connectivity index (χ3n) is 7.52. The summed E-state index contributed by atoms with van der Waals surface area (Å²) in [7, 11) is 0. The summed E-state index contributed by atoms with van der Waals surface area (Å²) in [6.45, 7) is 7.06. The van der Waals surface area contributed by atoms with E-state index in [2.05, 4.69) is 0 Å². The predicted molar refractivity (Wildman–Crippen MR) is 115 cm³/mol. The van der Waals surface area contributed by atoms with E-state index in [0.29, 0.717) is 45.0 Å². The minimum atomic E-state index is -0.686. The number of rotatable bonds is 3. The second-order valence-corrected chi connectivity index (χ2v) is 9.65. The Morgan fingerprint density at radius 2 is 1.71 bits per heavy atom. The highest BCUT2D eigenvalue weighted by Gasteiger charge is 2.63. The van der Waals surface area contributed by atoms with E-state index in [4.69, 9.17) is 4.74 Å². The number of hydrogen-bond acceptors (Lipinski definition) is 4. The van der Waals surface area contributed by atoms with Gasteiger partial charge in [0.2, 0.25) is 11.8 Å². The van der Waals surface area contributed by atoms with Gasteiger partial charge in [-0.25, -0.2) is 0 Å². The number of hydrogen-bond donors (Lipinski definition) is 0. The first kappa shape index (κ1) is 20.5. The fraction of sp³-hybridized carbons (Fsp3) is 0.625. The Hall–Kier alpha value is -2.41. The fourth-order valence-corrected chi connectivity index (χ4v) is 5.80. The van der Waals surface area contributed by atoms with Crippen LogP contribution in [0.3, 0.4) is 0 Å². The van der Waals surface area contributed by atoms with E-state index in [9.17, 15) is 14.4 Å². The van der Waals surface area contributed by atoms with E-state index >= 15 is 0 Å². The van der Waals surface area contributed by atoms with Crippen molar-refractivity contribution < 1.29 is 19.1 Å². The first-order valence-electron chi connectivity index (χ1n) is 11.5. The summed E-state index contributed by atoms with van der Waals surface area (Å²) in [5, 5.41) is 0. The lowest BCUT2D eigenvalue weighted by atomic mass is 9.66. The SMILES string of the molecule is CC(C)N1C(=O)c2ccccc2C(C(=O)N2CCOCC2)C12CN(C(=O)C1CCC1)C2. The maximum atomic E-state index is 13.9. The van der Waals surface area contributed by atoms with Crippen LogP contribution in [0.15, 0.2) is 24.3 Å². The van der Waals surface area contributed by atoms with Gasteiger partial charge in [0.1, 0.15) is 0 Å². The summed E-state index contributed by atoms with van der Waals surface area (Å²) in [4.78, 5) is 46.0. The van der Waals surface area contributed by atoms with Crippen molar-refractivity contribution >= 4 is 17.7 Å². The lowest BCUT2D eigenvalue weighted by Crippen LogP contribution is -2.79. The summed E-state index contributed by atoms with van der Waals surface area (Å²) in [5.74, 6) is -0.154. The molecule has 1 saturated carbocycles. The molecule has 3 heterocycles. The molecule has 1 aromatic carbocycles. The van der Waals surface area contributed by atoms with E-state index in [0.717, 1.165) is 24.8 Å². The molecule has 31 heavy (non-hydrogen) atoms. The second kappa shape index (κ2) is 7.62. The van der Waals surface area contributed by atoms with Crippen molar-refractivity contribution in [2.45, 2.75) is 50.6 Å². The minimum absolute atomic E-state index is 0.0348. The van der Waals surface area contributed by atoms with E-state index in [1.54, 1.807) is 0 Å². The maximum Gasteiger partial charge on any atom is 0.255 e. The Morgan fingerprint density at radius 3 is 2.32 bits per heavy atom. The molecule has 3 fully saturated rings. The van der Waals surface area contributed by atoms with Gasteiger partial charge in [0.25, 0.3) is 5.91 Å². The molecule has 1 unspecified atom stereocenters. The summed E-state index contributed by atoms with van der Waals surface area (Å²) in [5.41, 5.74) is 0.725. The van der Waals surface area contributed by atoms with E-state index < -0.39 is 11.5 Å². The van der Waals surface area contributed by atoms with Crippen LogP contribution in [0.1, 0.15) is 54.9 Å². The third kappa shape index (κ3) is 3.08. The van der Waals surface area contributed by atoms with Crippen molar-refractivity contribution in [3.63, 3.8) is 0 Å². The van der Waals surface area contributed by atoms with Gasteiger partial charge >= 0.3 is 0 Å². The third-order valence-corrected chi connectivity index (χ3v) is 7.52. The quantitative estimate of drug-likeness (QED) is 0.742. The van der Waals surface area contributed by atoms with Crippen molar-refractivity contribution in [3.8, 4) is 0 Å². The number of benzene rings is 1. The van der Waals surface area contributed by atoms with Crippen molar-refractivity contribution in [1.29, 1.82) is 0 Å². The first-order valence-corrected chi connectivity index (χ1v) is 11.5. The molecule has 4 aliphatic rings. The first-order chi connectivity index (χ1) is 14.9. The standard InChI is InChI=1S/C24H31N3O4/c1-16(2)27-22(29)19-9-4-3-8-18(19)20(23(30)25-10-12-31-13-11-25)24(27)14-26(15-24)21(28)17-6-5-7-17/h3-4,8-9,16-17,20H,5-7,10-15H2,1-2H3. The Kier molecular flexibility index (Phi) is 5.04. The number of nitrogens with zero attached hydrogens (tertiary/aromatic N) is 3. The second-order valence-electron chi connectivity index (χ2n) is 9.65. The van der Waals surface area contributed by atoms with Gasteiger partial charge in [-0.15, -0.1) is 0 Å². The molecule has 5 rings (SSSR count). The highest BCUT2D eigenvalue weighted by atomic mass is 16.5. The number of carbonyl (C=O) groups excluding carboxylic acids is 3. The van der Waals surface area contributed by atoms with Gasteiger partial charge < -0.3 is 19.4 Å². The van der Waals surface area contributed by atoms with Crippen molar-refractivity contribution in [1.82, 2.24) is 14.7 Å². The maximum absolute atomic E-state index is 13.9. The van der Waals surface area contributed by atoms with Crippen LogP contribution < -0.4 is 0 Å². The Bertz CT molecular complexity index is 898. The summed E-state index contributed by atoms with van der Waals surface area (Å²) >= 11 is 0. The minimum Gasteiger partial charge on any atom is -0.378 e. The van der Waals surface area contributed by atoms with Crippen LogP contribution in [0.4, 0.5) is 0 Å².